The van der Waals surface area contributed by atoms with Gasteiger partial charge in [0.05, 0.1) is 42.6 Å². The van der Waals surface area contributed by atoms with Gasteiger partial charge >= 0.3 is 0 Å². The van der Waals surface area contributed by atoms with E-state index in [0.29, 0.717) is 28.5 Å². The van der Waals surface area contributed by atoms with Gasteiger partial charge in [0, 0.05) is 56.2 Å². The van der Waals surface area contributed by atoms with E-state index in [2.05, 4.69) is 30.5 Å². The zero-order valence-corrected chi connectivity index (χ0v) is 22.2. The average molecular weight is 527 g/mol. The number of anilines is 4. The Balaban J connectivity index is 1.71. The van der Waals surface area contributed by atoms with Crippen LogP contribution in [-0.4, -0.2) is 67.9 Å². The van der Waals surface area contributed by atoms with Gasteiger partial charge in [-0.05, 0) is 26.0 Å². The van der Waals surface area contributed by atoms with Crippen LogP contribution in [-0.2, 0) is 19.4 Å². The summed E-state index contributed by atoms with van der Waals surface area (Å²) >= 11 is 0. The third-order valence-corrected chi connectivity index (χ3v) is 6.64. The van der Waals surface area contributed by atoms with Crippen LogP contribution in [0.15, 0.2) is 47.8 Å². The summed E-state index contributed by atoms with van der Waals surface area (Å²) in [7, 11) is -2.14. The summed E-state index contributed by atoms with van der Waals surface area (Å²) in [6.07, 6.45) is 4.71. The Morgan fingerprint density at radius 3 is 2.41 bits per heavy atom. The van der Waals surface area contributed by atoms with E-state index in [0.717, 1.165) is 25.0 Å². The van der Waals surface area contributed by atoms with Crippen molar-refractivity contribution in [3.05, 3.63) is 42.7 Å². The normalized spacial score (nSPS) is 17.8. The quantitative estimate of drug-likeness (QED) is 0.472. The molecule has 37 heavy (non-hydrogen) atoms. The smallest absolute Gasteiger partial charge is 0.222 e. The highest BCUT2D eigenvalue weighted by Gasteiger charge is 2.23. The Kier molecular flexibility index (Phi) is 7.60. The number of morpholine rings is 1. The molecule has 0 saturated carbocycles. The van der Waals surface area contributed by atoms with Crippen molar-refractivity contribution in [2.45, 2.75) is 38.0 Å². The van der Waals surface area contributed by atoms with Crippen molar-refractivity contribution in [2.24, 2.45) is 0 Å². The van der Waals surface area contributed by atoms with Gasteiger partial charge in [-0.15, -0.1) is 0 Å². The Bertz CT molecular complexity index is 1390. The van der Waals surface area contributed by atoms with E-state index in [-0.39, 0.29) is 29.0 Å². The minimum Gasteiger partial charge on any atom is -0.497 e. The molecule has 1 aliphatic rings. The fourth-order valence-corrected chi connectivity index (χ4v) is 4.72. The minimum absolute atomic E-state index is 0.122. The molecule has 0 spiro atoms. The van der Waals surface area contributed by atoms with Crippen molar-refractivity contribution in [1.29, 1.82) is 0 Å². The molecule has 2 N–H and O–H groups in total. The highest BCUT2D eigenvalue weighted by atomic mass is 32.2. The molecule has 11 nitrogen and oxygen atoms in total. The second kappa shape index (κ2) is 10.7. The summed E-state index contributed by atoms with van der Waals surface area (Å²) in [5.41, 5.74) is 2.77. The monoisotopic (exact) mass is 526 g/mol. The molecule has 0 radical (unpaired) electrons. The lowest BCUT2D eigenvalue weighted by Crippen LogP contribution is -2.45. The molecule has 2 unspecified atom stereocenters. The Labute approximate surface area is 216 Å². The number of methoxy groups -OCH3 is 1. The number of sulfone groups is 1. The summed E-state index contributed by atoms with van der Waals surface area (Å²) in [6.45, 7) is 7.03. The van der Waals surface area contributed by atoms with E-state index in [9.17, 15) is 13.2 Å². The van der Waals surface area contributed by atoms with Gasteiger partial charge in [-0.1, -0.05) is 0 Å². The van der Waals surface area contributed by atoms with E-state index < -0.39 is 9.84 Å². The minimum atomic E-state index is -3.59. The Morgan fingerprint density at radius 2 is 1.81 bits per heavy atom. The van der Waals surface area contributed by atoms with Gasteiger partial charge in [-0.3, -0.25) is 9.78 Å². The predicted molar refractivity (Wildman–Crippen MR) is 141 cm³/mol. The number of hydrogen-bond acceptors (Lipinski definition) is 10. The molecule has 4 rings (SSSR count). The van der Waals surface area contributed by atoms with Crippen molar-refractivity contribution in [3.8, 4) is 17.0 Å². The van der Waals surface area contributed by atoms with Crippen LogP contribution in [0.5, 0.6) is 5.75 Å². The van der Waals surface area contributed by atoms with E-state index in [4.69, 9.17) is 9.47 Å². The molecule has 1 fully saturated rings. The Morgan fingerprint density at radius 1 is 1.08 bits per heavy atom. The molecule has 1 aliphatic heterocycles. The predicted octanol–water partition coefficient (Wildman–Crippen LogP) is 3.27. The van der Waals surface area contributed by atoms with Crippen LogP contribution in [0.4, 0.5) is 23.0 Å². The number of amides is 1. The summed E-state index contributed by atoms with van der Waals surface area (Å²) in [6, 6.07) is 8.45. The van der Waals surface area contributed by atoms with Crippen molar-refractivity contribution in [2.75, 3.05) is 42.0 Å². The van der Waals surface area contributed by atoms with Crippen LogP contribution in [0.25, 0.3) is 11.3 Å². The number of aromatic nitrogens is 3. The number of ether oxygens (including phenoxy) is 2. The van der Waals surface area contributed by atoms with Crippen molar-refractivity contribution in [3.63, 3.8) is 0 Å². The van der Waals surface area contributed by atoms with Gasteiger partial charge in [-0.25, -0.2) is 18.4 Å². The van der Waals surface area contributed by atoms with Crippen LogP contribution in [0, 0.1) is 0 Å². The molecule has 3 aromatic rings. The SMILES string of the molecule is COc1cc(Nc2cc(NC(C)=O)ncc2-c2ccc(N3CC(C)OC(C)C3)cn2)nc(S(C)(=O)=O)c1. The van der Waals surface area contributed by atoms with E-state index >= 15 is 0 Å². The molecule has 0 bridgehead atoms. The molecule has 0 aliphatic carbocycles. The van der Waals surface area contributed by atoms with E-state index in [1.807, 2.05) is 26.0 Å². The van der Waals surface area contributed by atoms with Gasteiger partial charge in [0.1, 0.15) is 17.4 Å². The summed E-state index contributed by atoms with van der Waals surface area (Å²) in [5.74, 6) is 0.611. The largest absolute Gasteiger partial charge is 0.497 e. The second-order valence-corrected chi connectivity index (χ2v) is 11.0. The maximum Gasteiger partial charge on any atom is 0.222 e. The number of nitrogens with one attached hydrogen (secondary N) is 2. The second-order valence-electron chi connectivity index (χ2n) is 8.99. The van der Waals surface area contributed by atoms with Gasteiger partial charge in [0.25, 0.3) is 0 Å². The van der Waals surface area contributed by atoms with Gasteiger partial charge in [0.2, 0.25) is 5.91 Å². The molecule has 2 atom stereocenters. The van der Waals surface area contributed by atoms with Gasteiger partial charge in [0.15, 0.2) is 14.9 Å². The molecule has 0 aromatic carbocycles. The molecule has 12 heteroatoms. The maximum atomic E-state index is 12.1. The highest BCUT2D eigenvalue weighted by Crippen LogP contribution is 2.32. The van der Waals surface area contributed by atoms with Crippen molar-refractivity contribution >= 4 is 38.8 Å². The third-order valence-electron chi connectivity index (χ3n) is 5.67. The topological polar surface area (TPSA) is 136 Å². The van der Waals surface area contributed by atoms with Gasteiger partial charge in [-0.2, -0.15) is 0 Å². The lowest BCUT2D eigenvalue weighted by molar-refractivity contribution is -0.114. The highest BCUT2D eigenvalue weighted by molar-refractivity contribution is 7.90. The van der Waals surface area contributed by atoms with Gasteiger partial charge < -0.3 is 25.0 Å². The van der Waals surface area contributed by atoms with Crippen LogP contribution < -0.4 is 20.3 Å². The molecular formula is C25H30N6O5S. The first-order chi connectivity index (χ1) is 17.5. The fraction of sp³-hybridized carbons (Fsp3) is 0.360. The molecule has 4 heterocycles. The van der Waals surface area contributed by atoms with Crippen molar-refractivity contribution < 1.29 is 22.7 Å². The zero-order valence-electron chi connectivity index (χ0n) is 21.3. The lowest BCUT2D eigenvalue weighted by atomic mass is 10.1. The number of carbonyl (C=O) groups is 1. The van der Waals surface area contributed by atoms with Crippen molar-refractivity contribution in [1.82, 2.24) is 15.0 Å². The van der Waals surface area contributed by atoms with Crippen LogP contribution >= 0.6 is 0 Å². The number of pyridine rings is 3. The van der Waals surface area contributed by atoms with Crippen LogP contribution in [0.1, 0.15) is 20.8 Å². The Hall–Kier alpha value is -3.77. The zero-order chi connectivity index (χ0) is 26.7. The standard InChI is InChI=1S/C25H30N6O5S/c1-15-13-31(14-16(2)36-15)18-6-7-21(26-11-18)20-12-27-23(28-17(3)32)10-22(20)29-24-8-19(35-4)9-25(30-24)37(5,33)34/h6-12,15-16H,13-14H2,1-5H3,(H2,27,28,29,30,32). The number of nitrogens with zero attached hydrogens (tertiary/aromatic N) is 4. The molecule has 196 valence electrons. The first kappa shape index (κ1) is 26.3. The summed E-state index contributed by atoms with van der Waals surface area (Å²) in [5, 5.41) is 5.67. The third kappa shape index (κ3) is 6.52. The lowest BCUT2D eigenvalue weighted by Gasteiger charge is -2.36. The molecule has 1 saturated heterocycles. The van der Waals surface area contributed by atoms with Crippen LogP contribution in [0.2, 0.25) is 0 Å². The first-order valence-electron chi connectivity index (χ1n) is 11.7. The molecule has 3 aromatic heterocycles. The first-order valence-corrected chi connectivity index (χ1v) is 13.6. The number of carbonyl (C=O) groups excluding carboxylic acids is 1. The van der Waals surface area contributed by atoms with E-state index in [1.165, 1.54) is 20.1 Å². The van der Waals surface area contributed by atoms with E-state index in [1.54, 1.807) is 24.5 Å². The molecular weight excluding hydrogens is 496 g/mol. The fourth-order valence-electron chi connectivity index (χ4n) is 4.12. The summed E-state index contributed by atoms with van der Waals surface area (Å²) < 4.78 is 35.4. The average Bonchev–Trinajstić information content (AvgIpc) is 2.82. The van der Waals surface area contributed by atoms with Crippen LogP contribution in [0.3, 0.4) is 0 Å². The molecule has 1 amide bonds. The number of rotatable bonds is 7. The number of hydrogen-bond donors (Lipinski definition) is 2. The summed E-state index contributed by atoms with van der Waals surface area (Å²) in [4.78, 5) is 27.1. The maximum absolute atomic E-state index is 12.1.